The van der Waals surface area contributed by atoms with E-state index in [1.54, 1.807) is 23.0 Å². The maximum atomic E-state index is 13.8. The minimum atomic E-state index is -1.02. The molecule has 7 heteroatoms. The largest absolute Gasteiger partial charge is 0.497 e. The first-order valence-corrected chi connectivity index (χ1v) is 13.2. The quantitative estimate of drug-likeness (QED) is 0.289. The summed E-state index contributed by atoms with van der Waals surface area (Å²) in [7, 11) is 1.62. The third-order valence-corrected chi connectivity index (χ3v) is 7.76. The third-order valence-electron chi connectivity index (χ3n) is 7.52. The topological polar surface area (TPSA) is 59.1 Å². The lowest BCUT2D eigenvalue weighted by atomic mass is 9.69. The number of carbonyl (C=O) groups is 2. The number of nitrogens with zero attached hydrogens (tertiary/aromatic N) is 2. The summed E-state index contributed by atoms with van der Waals surface area (Å²) in [6.45, 7) is 0.514. The lowest BCUT2D eigenvalue weighted by molar-refractivity contribution is -0.192. The third kappa shape index (κ3) is 4.26. The zero-order chi connectivity index (χ0) is 27.0. The van der Waals surface area contributed by atoms with Crippen LogP contribution in [0, 0.1) is 0 Å². The number of carbonyl (C=O) groups excluding carboxylic acids is 2. The fourth-order valence-electron chi connectivity index (χ4n) is 5.65. The Kier molecular flexibility index (Phi) is 6.59. The summed E-state index contributed by atoms with van der Waals surface area (Å²) in [5, 5.41) is 0.518. The number of amides is 2. The van der Waals surface area contributed by atoms with E-state index in [1.165, 1.54) is 0 Å². The zero-order valence-corrected chi connectivity index (χ0v) is 22.2. The molecule has 2 aliphatic heterocycles. The molecule has 6 rings (SSSR count). The predicted octanol–water partition coefficient (Wildman–Crippen LogP) is 5.57. The Hall–Kier alpha value is -4.13. The number of rotatable bonds is 7. The second-order valence-corrected chi connectivity index (χ2v) is 10.2. The highest BCUT2D eigenvalue weighted by atomic mass is 35.5. The molecule has 0 aromatic heterocycles. The molecule has 0 saturated carbocycles. The van der Waals surface area contributed by atoms with Crippen molar-refractivity contribution in [3.63, 3.8) is 0 Å². The summed E-state index contributed by atoms with van der Waals surface area (Å²) in [6.07, 6.45) is -0.828. The van der Waals surface area contributed by atoms with Crippen molar-refractivity contribution in [3.8, 4) is 5.75 Å². The van der Waals surface area contributed by atoms with Crippen molar-refractivity contribution in [2.75, 3.05) is 18.6 Å². The number of hydrogen-bond acceptors (Lipinski definition) is 4. The molecule has 0 spiro atoms. The Morgan fingerprint density at radius 3 is 2.26 bits per heavy atom. The summed E-state index contributed by atoms with van der Waals surface area (Å²) in [4.78, 5) is 30.9. The molecule has 0 unspecified atom stereocenters. The van der Waals surface area contributed by atoms with Gasteiger partial charge >= 0.3 is 0 Å². The van der Waals surface area contributed by atoms with Crippen LogP contribution in [0.1, 0.15) is 22.3 Å². The van der Waals surface area contributed by atoms with E-state index in [1.807, 2.05) is 97.1 Å². The summed E-state index contributed by atoms with van der Waals surface area (Å²) >= 11 is 6.59. The second kappa shape index (κ2) is 10.2. The first-order chi connectivity index (χ1) is 19.0. The molecule has 2 amide bonds. The highest BCUT2D eigenvalue weighted by molar-refractivity contribution is 6.30. The maximum Gasteiger partial charge on any atom is 0.256 e. The maximum absolute atomic E-state index is 13.8. The molecule has 196 valence electrons. The van der Waals surface area contributed by atoms with Crippen molar-refractivity contribution in [3.05, 3.63) is 130 Å². The molecule has 6 nitrogen and oxygen atoms in total. The smallest absolute Gasteiger partial charge is 0.256 e. The molecule has 2 atom stereocenters. The molecule has 2 aliphatic rings. The van der Waals surface area contributed by atoms with Crippen LogP contribution in [-0.4, -0.2) is 36.5 Å². The molecule has 1 fully saturated rings. The van der Waals surface area contributed by atoms with Crippen molar-refractivity contribution < 1.29 is 19.1 Å². The van der Waals surface area contributed by atoms with Crippen LogP contribution in [0.3, 0.4) is 0 Å². The van der Waals surface area contributed by atoms with Crippen LogP contribution in [0.2, 0.25) is 5.02 Å². The monoisotopic (exact) mass is 538 g/mol. The first-order valence-electron chi connectivity index (χ1n) is 12.8. The van der Waals surface area contributed by atoms with Gasteiger partial charge in [0.1, 0.15) is 17.8 Å². The SMILES string of the molecule is COc1ccc(CN2C(=O)CN3C(=O)[C@@H](OCc4ccccc4)[C@@]3(c3ccccc3)c3cc(Cl)ccc32)cc1. The number of ether oxygens (including phenoxy) is 2. The Bertz CT molecular complexity index is 1510. The summed E-state index contributed by atoms with van der Waals surface area (Å²) in [5.74, 6) is 0.340. The molecule has 2 heterocycles. The van der Waals surface area contributed by atoms with Crippen LogP contribution < -0.4 is 9.64 Å². The normalized spacial score (nSPS) is 20.1. The molecule has 4 aromatic rings. The number of fused-ring (bicyclic) bond motifs is 3. The Labute approximate surface area is 232 Å². The fourth-order valence-corrected chi connectivity index (χ4v) is 5.82. The highest BCUT2D eigenvalue weighted by Crippen LogP contribution is 2.53. The van der Waals surface area contributed by atoms with Crippen LogP contribution >= 0.6 is 11.6 Å². The van der Waals surface area contributed by atoms with E-state index in [2.05, 4.69) is 0 Å². The van der Waals surface area contributed by atoms with Crippen molar-refractivity contribution in [2.45, 2.75) is 24.8 Å². The van der Waals surface area contributed by atoms with Crippen LogP contribution in [0.5, 0.6) is 5.75 Å². The molecule has 0 N–H and O–H groups in total. The van der Waals surface area contributed by atoms with Gasteiger partial charge in [-0.15, -0.1) is 0 Å². The number of benzene rings is 4. The molecule has 0 bridgehead atoms. The van der Waals surface area contributed by atoms with Gasteiger partial charge in [0, 0.05) is 10.6 Å². The number of β-lactam (4-membered cyclic amide) rings is 1. The number of anilines is 1. The molecule has 1 saturated heterocycles. The van der Waals surface area contributed by atoms with Gasteiger partial charge in [-0.25, -0.2) is 0 Å². The van der Waals surface area contributed by atoms with Crippen molar-refractivity contribution in [2.24, 2.45) is 0 Å². The van der Waals surface area contributed by atoms with Gasteiger partial charge in [-0.05, 0) is 47.0 Å². The zero-order valence-electron chi connectivity index (χ0n) is 21.4. The summed E-state index contributed by atoms with van der Waals surface area (Å²) in [5.41, 5.74) is 3.21. The lowest BCUT2D eigenvalue weighted by Gasteiger charge is -2.56. The van der Waals surface area contributed by atoms with E-state index >= 15 is 0 Å². The Morgan fingerprint density at radius 2 is 1.56 bits per heavy atom. The number of hydrogen-bond donors (Lipinski definition) is 0. The van der Waals surface area contributed by atoms with Gasteiger partial charge < -0.3 is 19.3 Å². The van der Waals surface area contributed by atoms with E-state index in [0.717, 1.165) is 28.0 Å². The summed E-state index contributed by atoms with van der Waals surface area (Å²) < 4.78 is 11.7. The number of methoxy groups -OCH3 is 1. The van der Waals surface area contributed by atoms with Gasteiger partial charge in [0.25, 0.3) is 5.91 Å². The van der Waals surface area contributed by atoms with Gasteiger partial charge in [0.2, 0.25) is 5.91 Å². The molecule has 39 heavy (non-hydrogen) atoms. The fraction of sp³-hybridized carbons (Fsp3) is 0.188. The Morgan fingerprint density at radius 1 is 0.872 bits per heavy atom. The average Bonchev–Trinajstić information content (AvgIpc) is 3.06. The van der Waals surface area contributed by atoms with E-state index < -0.39 is 11.6 Å². The van der Waals surface area contributed by atoms with Crippen LogP contribution in [0.4, 0.5) is 5.69 Å². The molecule has 4 aromatic carbocycles. The van der Waals surface area contributed by atoms with Crippen LogP contribution in [-0.2, 0) is 33.0 Å². The van der Waals surface area contributed by atoms with Crippen molar-refractivity contribution in [1.82, 2.24) is 4.90 Å². The predicted molar refractivity (Wildman–Crippen MR) is 150 cm³/mol. The minimum absolute atomic E-state index is 0.0820. The van der Waals surface area contributed by atoms with Crippen LogP contribution in [0.15, 0.2) is 103 Å². The van der Waals surface area contributed by atoms with E-state index in [-0.39, 0.29) is 25.0 Å². The van der Waals surface area contributed by atoms with Crippen molar-refractivity contribution >= 4 is 29.1 Å². The van der Waals surface area contributed by atoms with Gasteiger partial charge in [-0.1, -0.05) is 84.4 Å². The minimum Gasteiger partial charge on any atom is -0.497 e. The Balaban J connectivity index is 1.48. The molecule has 0 aliphatic carbocycles. The average molecular weight is 539 g/mol. The molecule has 0 radical (unpaired) electrons. The summed E-state index contributed by atoms with van der Waals surface area (Å²) in [6, 6.07) is 32.6. The van der Waals surface area contributed by atoms with E-state index in [0.29, 0.717) is 17.3 Å². The van der Waals surface area contributed by atoms with E-state index in [9.17, 15) is 9.59 Å². The van der Waals surface area contributed by atoms with Gasteiger partial charge in [0.05, 0.1) is 25.9 Å². The lowest BCUT2D eigenvalue weighted by Crippen LogP contribution is -2.73. The molecular formula is C32H27ClN2O4. The van der Waals surface area contributed by atoms with Crippen LogP contribution in [0.25, 0.3) is 0 Å². The van der Waals surface area contributed by atoms with Gasteiger partial charge in [-0.2, -0.15) is 0 Å². The highest BCUT2D eigenvalue weighted by Gasteiger charge is 2.65. The first kappa shape index (κ1) is 25.2. The van der Waals surface area contributed by atoms with Gasteiger partial charge in [0.15, 0.2) is 6.10 Å². The standard InChI is InChI=1S/C32H27ClN2O4/c1-38-26-15-12-22(13-16-26)19-34-28-17-14-25(33)18-27(28)32(24-10-6-3-7-11-24)30(31(37)35(32)20-29(34)36)39-21-23-8-4-2-5-9-23/h2-18,30H,19-21H2,1H3/t30-,32-/m1/s1. The van der Waals surface area contributed by atoms with Gasteiger partial charge in [-0.3, -0.25) is 9.59 Å². The number of halogens is 1. The van der Waals surface area contributed by atoms with E-state index in [4.69, 9.17) is 21.1 Å². The van der Waals surface area contributed by atoms with Crippen molar-refractivity contribution in [1.29, 1.82) is 0 Å². The second-order valence-electron chi connectivity index (χ2n) is 9.72. The molecular weight excluding hydrogens is 512 g/mol.